The Morgan fingerprint density at radius 3 is 2.52 bits per heavy atom. The Labute approximate surface area is 123 Å². The number of hydrogen-bond acceptors (Lipinski definition) is 3. The normalized spacial score (nSPS) is 18.3. The highest BCUT2D eigenvalue weighted by atomic mass is 16.4. The Hall–Kier alpha value is -2.24. The van der Waals surface area contributed by atoms with Gasteiger partial charge >= 0.3 is 12.0 Å². The molecule has 0 saturated carbocycles. The van der Waals surface area contributed by atoms with Crippen LogP contribution in [0.1, 0.15) is 26.2 Å². The lowest BCUT2D eigenvalue weighted by molar-refractivity contribution is -0.135. The molecule has 6 heteroatoms. The smallest absolute Gasteiger partial charge is 0.325 e. The number of likely N-dealkylation sites (tertiary alicyclic amines) is 1. The molecule has 2 rings (SSSR count). The van der Waals surface area contributed by atoms with Gasteiger partial charge in [-0.1, -0.05) is 0 Å². The highest BCUT2D eigenvalue weighted by Crippen LogP contribution is 2.23. The molecular formula is C15H20N2O4. The number of phenols is 1. The number of aromatic hydroxyl groups is 1. The number of carboxylic acids is 1. The van der Waals surface area contributed by atoms with Crippen LogP contribution in [0.5, 0.6) is 5.75 Å². The van der Waals surface area contributed by atoms with E-state index in [4.69, 9.17) is 5.11 Å². The predicted octanol–water partition coefficient (Wildman–Crippen LogP) is 2.28. The van der Waals surface area contributed by atoms with Gasteiger partial charge in [-0.2, -0.15) is 0 Å². The minimum absolute atomic E-state index is 0.0767. The van der Waals surface area contributed by atoms with Crippen LogP contribution in [0.3, 0.4) is 0 Å². The molecule has 114 valence electrons. The van der Waals surface area contributed by atoms with Crippen molar-refractivity contribution in [1.82, 2.24) is 4.90 Å². The zero-order chi connectivity index (χ0) is 15.4. The Bertz CT molecular complexity index is 515. The first-order chi connectivity index (χ1) is 9.99. The molecule has 2 amide bonds. The van der Waals surface area contributed by atoms with Crippen LogP contribution in [0.4, 0.5) is 10.5 Å². The van der Waals surface area contributed by atoms with Gasteiger partial charge in [0.15, 0.2) is 0 Å². The summed E-state index contributed by atoms with van der Waals surface area (Å²) in [4.78, 5) is 26.7. The first kappa shape index (κ1) is 15.2. The molecule has 1 aliphatic heterocycles. The number of aliphatic carboxylic acids is 1. The van der Waals surface area contributed by atoms with Crippen molar-refractivity contribution in [2.45, 2.75) is 32.2 Å². The van der Waals surface area contributed by atoms with Gasteiger partial charge in [-0.15, -0.1) is 0 Å². The van der Waals surface area contributed by atoms with E-state index in [1.165, 1.54) is 17.0 Å². The monoisotopic (exact) mass is 292 g/mol. The molecule has 21 heavy (non-hydrogen) atoms. The second kappa shape index (κ2) is 6.47. The SMILES string of the molecule is CC1CCCCN1C(=O)N(CC(=O)O)c1ccc(O)cc1. The molecule has 1 saturated heterocycles. The molecule has 1 aromatic carbocycles. The lowest BCUT2D eigenvalue weighted by Crippen LogP contribution is -2.50. The quantitative estimate of drug-likeness (QED) is 0.895. The van der Waals surface area contributed by atoms with Crippen molar-refractivity contribution >= 4 is 17.7 Å². The van der Waals surface area contributed by atoms with Crippen LogP contribution in [0.15, 0.2) is 24.3 Å². The van der Waals surface area contributed by atoms with Crippen molar-refractivity contribution in [3.8, 4) is 5.75 Å². The van der Waals surface area contributed by atoms with Crippen molar-refractivity contribution in [2.75, 3.05) is 18.0 Å². The van der Waals surface area contributed by atoms with E-state index < -0.39 is 12.5 Å². The molecule has 0 aliphatic carbocycles. The number of rotatable bonds is 3. The number of carboxylic acid groups (broad SMARTS) is 1. The third-order valence-corrected chi connectivity index (χ3v) is 3.73. The molecule has 1 heterocycles. The van der Waals surface area contributed by atoms with E-state index in [1.807, 2.05) is 6.92 Å². The van der Waals surface area contributed by atoms with Gasteiger partial charge in [0.1, 0.15) is 12.3 Å². The number of urea groups is 1. The highest BCUT2D eigenvalue weighted by molar-refractivity contribution is 5.96. The van der Waals surface area contributed by atoms with Crippen LogP contribution in [0.2, 0.25) is 0 Å². The highest BCUT2D eigenvalue weighted by Gasteiger charge is 2.29. The van der Waals surface area contributed by atoms with E-state index in [0.29, 0.717) is 12.2 Å². The standard InChI is InChI=1S/C15H20N2O4/c1-11-4-2-3-9-16(11)15(21)17(10-14(19)20)12-5-7-13(18)8-6-12/h5-8,11,18H,2-4,9-10H2,1H3,(H,19,20). The maximum atomic E-state index is 12.7. The minimum atomic E-state index is -1.07. The van der Waals surface area contributed by atoms with Gasteiger partial charge in [0.05, 0.1) is 0 Å². The van der Waals surface area contributed by atoms with Gasteiger partial charge in [-0.05, 0) is 50.5 Å². The van der Waals surface area contributed by atoms with Crippen molar-refractivity contribution in [1.29, 1.82) is 0 Å². The molecule has 1 fully saturated rings. The fraction of sp³-hybridized carbons (Fsp3) is 0.467. The van der Waals surface area contributed by atoms with E-state index >= 15 is 0 Å². The molecule has 1 unspecified atom stereocenters. The van der Waals surface area contributed by atoms with Crippen molar-refractivity contribution in [3.63, 3.8) is 0 Å². The molecule has 6 nitrogen and oxygen atoms in total. The molecule has 0 aromatic heterocycles. The summed E-state index contributed by atoms with van der Waals surface area (Å²) in [6, 6.07) is 5.79. The fourth-order valence-corrected chi connectivity index (χ4v) is 2.57. The number of piperidine rings is 1. The molecule has 0 radical (unpaired) electrons. The summed E-state index contributed by atoms with van der Waals surface area (Å²) in [5.41, 5.74) is 0.470. The summed E-state index contributed by atoms with van der Waals surface area (Å²) in [6.07, 6.45) is 2.96. The van der Waals surface area contributed by atoms with E-state index in [2.05, 4.69) is 0 Å². The number of anilines is 1. The number of phenolic OH excluding ortho intramolecular Hbond substituents is 1. The number of amides is 2. The van der Waals surface area contributed by atoms with Crippen LogP contribution >= 0.6 is 0 Å². The summed E-state index contributed by atoms with van der Waals surface area (Å²) in [6.45, 7) is 2.23. The lowest BCUT2D eigenvalue weighted by Gasteiger charge is -2.37. The van der Waals surface area contributed by atoms with Crippen molar-refractivity contribution < 1.29 is 19.8 Å². The van der Waals surface area contributed by atoms with Gasteiger partial charge in [0.2, 0.25) is 0 Å². The Balaban J connectivity index is 2.24. The predicted molar refractivity (Wildman–Crippen MR) is 78.5 cm³/mol. The third-order valence-electron chi connectivity index (χ3n) is 3.73. The molecule has 1 aliphatic rings. The number of benzene rings is 1. The first-order valence-corrected chi connectivity index (χ1v) is 7.08. The largest absolute Gasteiger partial charge is 0.508 e. The van der Waals surface area contributed by atoms with Crippen LogP contribution in [0, 0.1) is 0 Å². The summed E-state index contributed by atoms with van der Waals surface area (Å²) < 4.78 is 0. The summed E-state index contributed by atoms with van der Waals surface area (Å²) in [5.74, 6) is -0.992. The Kier molecular flexibility index (Phi) is 4.67. The fourth-order valence-electron chi connectivity index (χ4n) is 2.57. The molecule has 2 N–H and O–H groups in total. The van der Waals surface area contributed by atoms with Crippen molar-refractivity contribution in [2.24, 2.45) is 0 Å². The number of carbonyl (C=O) groups is 2. The topological polar surface area (TPSA) is 81.1 Å². The lowest BCUT2D eigenvalue weighted by atomic mass is 10.0. The maximum Gasteiger partial charge on any atom is 0.325 e. The number of nitrogens with zero attached hydrogens (tertiary/aromatic N) is 2. The number of hydrogen-bond donors (Lipinski definition) is 2. The Morgan fingerprint density at radius 2 is 1.95 bits per heavy atom. The van der Waals surface area contributed by atoms with Crippen LogP contribution in [0.25, 0.3) is 0 Å². The first-order valence-electron chi connectivity index (χ1n) is 7.08. The summed E-state index contributed by atoms with van der Waals surface area (Å²) in [5, 5.41) is 18.4. The van der Waals surface area contributed by atoms with Gasteiger partial charge in [0.25, 0.3) is 0 Å². The second-order valence-corrected chi connectivity index (χ2v) is 5.32. The molecule has 1 atom stereocenters. The summed E-state index contributed by atoms with van der Waals surface area (Å²) >= 11 is 0. The molecule has 0 spiro atoms. The second-order valence-electron chi connectivity index (χ2n) is 5.32. The van der Waals surface area contributed by atoms with Gasteiger partial charge in [-0.25, -0.2) is 4.79 Å². The number of carbonyl (C=O) groups excluding carboxylic acids is 1. The molecule has 1 aromatic rings. The molecule has 0 bridgehead atoms. The maximum absolute atomic E-state index is 12.7. The Morgan fingerprint density at radius 1 is 1.29 bits per heavy atom. The average molecular weight is 292 g/mol. The molecular weight excluding hydrogens is 272 g/mol. The zero-order valence-electron chi connectivity index (χ0n) is 12.0. The van der Waals surface area contributed by atoms with E-state index in [-0.39, 0.29) is 17.8 Å². The van der Waals surface area contributed by atoms with Gasteiger partial charge in [0, 0.05) is 18.3 Å². The van der Waals surface area contributed by atoms with Crippen molar-refractivity contribution in [3.05, 3.63) is 24.3 Å². The van der Waals surface area contributed by atoms with Gasteiger partial charge in [-0.3, -0.25) is 9.69 Å². The minimum Gasteiger partial charge on any atom is -0.508 e. The summed E-state index contributed by atoms with van der Waals surface area (Å²) in [7, 11) is 0. The van der Waals surface area contributed by atoms with E-state index in [0.717, 1.165) is 19.3 Å². The van der Waals surface area contributed by atoms with Gasteiger partial charge < -0.3 is 15.1 Å². The van der Waals surface area contributed by atoms with E-state index in [1.54, 1.807) is 17.0 Å². The van der Waals surface area contributed by atoms with Crippen LogP contribution in [-0.4, -0.2) is 46.2 Å². The van der Waals surface area contributed by atoms with Crippen LogP contribution in [-0.2, 0) is 4.79 Å². The zero-order valence-corrected chi connectivity index (χ0v) is 12.0. The van der Waals surface area contributed by atoms with Crippen LogP contribution < -0.4 is 4.90 Å². The average Bonchev–Trinajstić information content (AvgIpc) is 2.45. The third kappa shape index (κ3) is 3.65. The van der Waals surface area contributed by atoms with E-state index in [9.17, 15) is 14.7 Å².